The molecule has 0 fully saturated rings. The van der Waals surface area contributed by atoms with E-state index in [1.807, 2.05) is 42.5 Å². The fourth-order valence-corrected chi connectivity index (χ4v) is 2.67. The summed E-state index contributed by atoms with van der Waals surface area (Å²) in [4.78, 5) is 15.2. The highest BCUT2D eigenvalue weighted by atomic mass is 32.1. The molecule has 1 heterocycles. The van der Waals surface area contributed by atoms with Crippen molar-refractivity contribution in [3.05, 3.63) is 46.2 Å². The van der Waals surface area contributed by atoms with Crippen molar-refractivity contribution in [3.63, 3.8) is 0 Å². The number of nitrogen functional groups attached to an aromatic ring is 1. The standard InChI is InChI=1S/C15H19N3OS/c1-11-5-6-12(8-14(11)16)17-15(19)10-18(2)9-13-4-3-7-20-13/h3-8H,9-10,16H2,1-2H3,(H,17,19). The van der Waals surface area contributed by atoms with Crippen molar-refractivity contribution in [3.8, 4) is 0 Å². The second-order valence-electron chi connectivity index (χ2n) is 4.87. The molecule has 1 aromatic carbocycles. The van der Waals surface area contributed by atoms with Crippen molar-refractivity contribution in [1.29, 1.82) is 0 Å². The predicted molar refractivity (Wildman–Crippen MR) is 84.9 cm³/mol. The number of amides is 1. The van der Waals surface area contributed by atoms with Gasteiger partial charge in [0, 0.05) is 22.8 Å². The molecule has 4 nitrogen and oxygen atoms in total. The Morgan fingerprint density at radius 1 is 1.40 bits per heavy atom. The Kier molecular flexibility index (Phi) is 4.76. The van der Waals surface area contributed by atoms with Gasteiger partial charge in [0.1, 0.15) is 0 Å². The molecule has 1 aromatic heterocycles. The van der Waals surface area contributed by atoms with E-state index in [4.69, 9.17) is 5.73 Å². The number of likely N-dealkylation sites (N-methyl/N-ethyl adjacent to an activating group) is 1. The van der Waals surface area contributed by atoms with E-state index < -0.39 is 0 Å². The Bertz CT molecular complexity index is 581. The van der Waals surface area contributed by atoms with Gasteiger partial charge in [-0.15, -0.1) is 11.3 Å². The molecule has 0 spiro atoms. The summed E-state index contributed by atoms with van der Waals surface area (Å²) in [6.07, 6.45) is 0. The first-order chi connectivity index (χ1) is 9.54. The number of anilines is 2. The van der Waals surface area contributed by atoms with E-state index in [0.29, 0.717) is 12.2 Å². The molecular weight excluding hydrogens is 270 g/mol. The third-order valence-electron chi connectivity index (χ3n) is 2.98. The van der Waals surface area contributed by atoms with E-state index in [9.17, 15) is 4.79 Å². The summed E-state index contributed by atoms with van der Waals surface area (Å²) in [5.41, 5.74) is 8.27. The van der Waals surface area contributed by atoms with Gasteiger partial charge >= 0.3 is 0 Å². The molecule has 5 heteroatoms. The lowest BCUT2D eigenvalue weighted by atomic mass is 10.2. The highest BCUT2D eigenvalue weighted by Crippen LogP contribution is 2.17. The summed E-state index contributed by atoms with van der Waals surface area (Å²) in [5, 5.41) is 4.90. The second kappa shape index (κ2) is 6.54. The molecule has 0 aliphatic carbocycles. The lowest BCUT2D eigenvalue weighted by Crippen LogP contribution is -2.29. The van der Waals surface area contributed by atoms with Crippen LogP contribution in [0.1, 0.15) is 10.4 Å². The lowest BCUT2D eigenvalue weighted by Gasteiger charge is -2.15. The van der Waals surface area contributed by atoms with Gasteiger partial charge in [-0.2, -0.15) is 0 Å². The molecule has 2 aromatic rings. The fourth-order valence-electron chi connectivity index (χ4n) is 1.89. The van der Waals surface area contributed by atoms with Gasteiger partial charge in [0.25, 0.3) is 0 Å². The van der Waals surface area contributed by atoms with Crippen LogP contribution in [0.5, 0.6) is 0 Å². The highest BCUT2D eigenvalue weighted by Gasteiger charge is 2.08. The van der Waals surface area contributed by atoms with Crippen LogP contribution in [0.2, 0.25) is 0 Å². The van der Waals surface area contributed by atoms with Crippen LogP contribution in [-0.2, 0) is 11.3 Å². The number of carbonyl (C=O) groups excluding carboxylic acids is 1. The third-order valence-corrected chi connectivity index (χ3v) is 3.84. The molecule has 0 aliphatic rings. The molecule has 0 saturated carbocycles. The largest absolute Gasteiger partial charge is 0.398 e. The number of hydrogen-bond donors (Lipinski definition) is 2. The minimum Gasteiger partial charge on any atom is -0.398 e. The molecule has 3 N–H and O–H groups in total. The zero-order valence-electron chi connectivity index (χ0n) is 11.7. The third kappa shape index (κ3) is 4.08. The maximum absolute atomic E-state index is 12.0. The molecule has 0 atom stereocenters. The first-order valence-electron chi connectivity index (χ1n) is 6.41. The van der Waals surface area contributed by atoms with Crippen LogP contribution < -0.4 is 11.1 Å². The molecule has 0 bridgehead atoms. The van der Waals surface area contributed by atoms with Crippen LogP contribution >= 0.6 is 11.3 Å². The van der Waals surface area contributed by atoms with Crippen molar-refractivity contribution >= 4 is 28.6 Å². The van der Waals surface area contributed by atoms with Gasteiger partial charge in [0.05, 0.1) is 6.54 Å². The Balaban J connectivity index is 1.87. The zero-order valence-corrected chi connectivity index (χ0v) is 12.5. The molecule has 1 amide bonds. The molecule has 0 aliphatic heterocycles. The molecule has 0 radical (unpaired) electrons. The highest BCUT2D eigenvalue weighted by molar-refractivity contribution is 7.09. The maximum atomic E-state index is 12.0. The van der Waals surface area contributed by atoms with Crippen LogP contribution in [0.25, 0.3) is 0 Å². The number of rotatable bonds is 5. The Labute approximate surface area is 123 Å². The maximum Gasteiger partial charge on any atom is 0.238 e. The fraction of sp³-hybridized carbons (Fsp3) is 0.267. The number of benzene rings is 1. The van der Waals surface area contributed by atoms with Crippen LogP contribution in [0.15, 0.2) is 35.7 Å². The average Bonchev–Trinajstić information content (AvgIpc) is 2.86. The van der Waals surface area contributed by atoms with Gasteiger partial charge in [-0.3, -0.25) is 9.69 Å². The number of nitrogens with two attached hydrogens (primary N) is 1. The molecule has 2 rings (SSSR count). The molecule has 106 valence electrons. The smallest absolute Gasteiger partial charge is 0.238 e. The topological polar surface area (TPSA) is 58.4 Å². The quantitative estimate of drug-likeness (QED) is 0.832. The normalized spacial score (nSPS) is 10.8. The minimum absolute atomic E-state index is 0.0349. The summed E-state index contributed by atoms with van der Waals surface area (Å²) < 4.78 is 0. The first-order valence-corrected chi connectivity index (χ1v) is 7.29. The van der Waals surface area contributed by atoms with Crippen LogP contribution in [0.3, 0.4) is 0 Å². The Morgan fingerprint density at radius 3 is 2.85 bits per heavy atom. The molecular formula is C15H19N3OS. The van der Waals surface area contributed by atoms with E-state index in [1.165, 1.54) is 4.88 Å². The predicted octanol–water partition coefficient (Wildman–Crippen LogP) is 2.71. The van der Waals surface area contributed by atoms with Gasteiger partial charge in [0.2, 0.25) is 5.91 Å². The van der Waals surface area contributed by atoms with Crippen LogP contribution in [-0.4, -0.2) is 24.4 Å². The van der Waals surface area contributed by atoms with Crippen molar-refractivity contribution < 1.29 is 4.79 Å². The van der Waals surface area contributed by atoms with Gasteiger partial charge in [0.15, 0.2) is 0 Å². The lowest BCUT2D eigenvalue weighted by molar-refractivity contribution is -0.117. The van der Waals surface area contributed by atoms with E-state index in [0.717, 1.165) is 17.8 Å². The molecule has 0 unspecified atom stereocenters. The van der Waals surface area contributed by atoms with Gasteiger partial charge in [-0.25, -0.2) is 0 Å². The van der Waals surface area contributed by atoms with Crippen molar-refractivity contribution in [1.82, 2.24) is 4.90 Å². The Morgan fingerprint density at radius 2 is 2.20 bits per heavy atom. The van der Waals surface area contributed by atoms with Crippen LogP contribution in [0.4, 0.5) is 11.4 Å². The van der Waals surface area contributed by atoms with E-state index in [1.54, 1.807) is 17.4 Å². The van der Waals surface area contributed by atoms with Gasteiger partial charge < -0.3 is 11.1 Å². The SMILES string of the molecule is Cc1ccc(NC(=O)CN(C)Cc2cccs2)cc1N. The molecule has 0 saturated heterocycles. The zero-order chi connectivity index (χ0) is 14.5. The van der Waals surface area contributed by atoms with Crippen molar-refractivity contribution in [2.24, 2.45) is 0 Å². The summed E-state index contributed by atoms with van der Waals surface area (Å²) in [5.74, 6) is -0.0349. The summed E-state index contributed by atoms with van der Waals surface area (Å²) >= 11 is 1.70. The van der Waals surface area contributed by atoms with E-state index in [2.05, 4.69) is 11.4 Å². The first kappa shape index (κ1) is 14.6. The van der Waals surface area contributed by atoms with Gasteiger partial charge in [-0.1, -0.05) is 12.1 Å². The van der Waals surface area contributed by atoms with Crippen molar-refractivity contribution in [2.75, 3.05) is 24.6 Å². The van der Waals surface area contributed by atoms with Crippen molar-refractivity contribution in [2.45, 2.75) is 13.5 Å². The number of nitrogens with zero attached hydrogens (tertiary/aromatic N) is 1. The number of nitrogens with one attached hydrogen (secondary N) is 1. The number of thiophene rings is 1. The molecule has 20 heavy (non-hydrogen) atoms. The van der Waals surface area contributed by atoms with Gasteiger partial charge in [-0.05, 0) is 43.1 Å². The minimum atomic E-state index is -0.0349. The number of aryl methyl sites for hydroxylation is 1. The summed E-state index contributed by atoms with van der Waals surface area (Å²) in [7, 11) is 1.93. The number of hydrogen-bond acceptors (Lipinski definition) is 4. The van der Waals surface area contributed by atoms with Crippen LogP contribution in [0, 0.1) is 6.92 Å². The number of carbonyl (C=O) groups is 1. The summed E-state index contributed by atoms with van der Waals surface area (Å²) in [6.45, 7) is 3.07. The van der Waals surface area contributed by atoms with E-state index in [-0.39, 0.29) is 5.91 Å². The Hall–Kier alpha value is -1.85. The second-order valence-corrected chi connectivity index (χ2v) is 5.90. The monoisotopic (exact) mass is 289 g/mol. The van der Waals surface area contributed by atoms with E-state index >= 15 is 0 Å². The average molecular weight is 289 g/mol. The summed E-state index contributed by atoms with van der Waals surface area (Å²) in [6, 6.07) is 9.64.